The Bertz CT molecular complexity index is 142. The van der Waals surface area contributed by atoms with Crippen molar-refractivity contribution in [2.45, 2.75) is 0 Å². The second kappa shape index (κ2) is 3.60. The molecule has 0 aromatic carbocycles. The summed E-state index contributed by atoms with van der Waals surface area (Å²) in [5.41, 5.74) is -0.0834. The second-order valence-corrected chi connectivity index (χ2v) is 1.27. The van der Waals surface area contributed by atoms with Crippen molar-refractivity contribution < 1.29 is 9.59 Å². The van der Waals surface area contributed by atoms with Gasteiger partial charge in [0.1, 0.15) is 0 Å². The van der Waals surface area contributed by atoms with Crippen LogP contribution in [0.3, 0.4) is 0 Å². The molecule has 1 amide bonds. The molecule has 0 aliphatic carbocycles. The third kappa shape index (κ3) is 3.22. The highest BCUT2D eigenvalue weighted by Gasteiger charge is 1.94. The first kappa shape index (κ1) is 7.62. The van der Waals surface area contributed by atoms with Crippen molar-refractivity contribution in [1.82, 2.24) is 5.32 Å². The molecule has 0 atom stereocenters. The van der Waals surface area contributed by atoms with Gasteiger partial charge in [-0.2, -0.15) is 0 Å². The lowest BCUT2D eigenvalue weighted by atomic mass is 10.5. The Morgan fingerprint density at radius 3 is 2.56 bits per heavy atom. The molecule has 3 nitrogen and oxygen atoms in total. The zero-order chi connectivity index (χ0) is 7.28. The molecule has 0 aliphatic rings. The van der Waals surface area contributed by atoms with Gasteiger partial charge >= 0.3 is 0 Å². The smallest absolute Gasteiger partial charge is 0.250 e. The minimum Gasteiger partial charge on any atom is -0.320 e. The molecule has 47 valence electrons. The van der Waals surface area contributed by atoms with E-state index in [9.17, 15) is 9.59 Å². The first-order valence-electron chi connectivity index (χ1n) is 2.21. The minimum absolute atomic E-state index is 0.0834. The van der Waals surface area contributed by atoms with Crippen molar-refractivity contribution in [2.24, 2.45) is 0 Å². The van der Waals surface area contributed by atoms with E-state index in [0.717, 1.165) is 6.08 Å². The number of rotatable bonds is 3. The van der Waals surface area contributed by atoms with Crippen molar-refractivity contribution in [3.63, 3.8) is 0 Å². The van der Waals surface area contributed by atoms with E-state index in [0.29, 0.717) is 0 Å². The predicted molar refractivity (Wildman–Crippen MR) is 33.2 cm³/mol. The molecule has 1 N–H and O–H groups in total. The van der Waals surface area contributed by atoms with E-state index in [-0.39, 0.29) is 5.70 Å². The van der Waals surface area contributed by atoms with E-state index in [1.165, 1.54) is 6.29 Å². The number of amides is 1. The molecule has 0 saturated heterocycles. The fourth-order valence-corrected chi connectivity index (χ4v) is 0.225. The van der Waals surface area contributed by atoms with E-state index >= 15 is 0 Å². The van der Waals surface area contributed by atoms with Gasteiger partial charge in [-0.05, 0) is 6.08 Å². The summed E-state index contributed by atoms with van der Waals surface area (Å²) in [7, 11) is 0. The summed E-state index contributed by atoms with van der Waals surface area (Å²) < 4.78 is 0. The summed E-state index contributed by atoms with van der Waals surface area (Å²) in [4.78, 5) is 20.0. The molecule has 1 radical (unpaired) electrons. The molecule has 0 unspecified atom stereocenters. The highest BCUT2D eigenvalue weighted by Crippen LogP contribution is 1.75. The van der Waals surface area contributed by atoms with Crippen LogP contribution < -0.4 is 5.32 Å². The highest BCUT2D eigenvalue weighted by molar-refractivity contribution is 5.92. The monoisotopic (exact) mass is 124 g/mol. The Morgan fingerprint density at radius 2 is 2.22 bits per heavy atom. The minimum atomic E-state index is -0.455. The number of nitrogens with one attached hydrogen (secondary N) is 1. The second-order valence-electron chi connectivity index (χ2n) is 1.27. The molecule has 9 heavy (non-hydrogen) atoms. The van der Waals surface area contributed by atoms with Gasteiger partial charge < -0.3 is 5.32 Å². The zero-order valence-electron chi connectivity index (χ0n) is 4.81. The molecular formula is C6H6NO2. The quantitative estimate of drug-likeness (QED) is 0.534. The average molecular weight is 124 g/mol. The lowest BCUT2D eigenvalue weighted by molar-refractivity contribution is -0.115. The molecule has 0 aliphatic heterocycles. The van der Waals surface area contributed by atoms with Crippen LogP contribution in [0.15, 0.2) is 24.9 Å². The summed E-state index contributed by atoms with van der Waals surface area (Å²) in [6.45, 7) is 6.32. The average Bonchev–Trinajstić information content (AvgIpc) is 1.87. The molecule has 0 aromatic heterocycles. The van der Waals surface area contributed by atoms with Crippen LogP contribution in [0, 0.1) is 0 Å². The molecule has 3 heteroatoms. The van der Waals surface area contributed by atoms with Crippen molar-refractivity contribution in [3.8, 4) is 0 Å². The maximum absolute atomic E-state index is 10.3. The van der Waals surface area contributed by atoms with Crippen LogP contribution in [0.4, 0.5) is 0 Å². The van der Waals surface area contributed by atoms with Gasteiger partial charge in [0, 0.05) is 0 Å². The largest absolute Gasteiger partial charge is 0.320 e. The maximum Gasteiger partial charge on any atom is 0.250 e. The van der Waals surface area contributed by atoms with Crippen molar-refractivity contribution in [3.05, 3.63) is 24.9 Å². The Balaban J connectivity index is 3.73. The Labute approximate surface area is 53.1 Å². The van der Waals surface area contributed by atoms with E-state index in [2.05, 4.69) is 18.5 Å². The van der Waals surface area contributed by atoms with Crippen LogP contribution in [0.1, 0.15) is 0 Å². The topological polar surface area (TPSA) is 46.2 Å². The Kier molecular flexibility index (Phi) is 3.05. The van der Waals surface area contributed by atoms with Crippen LogP contribution in [0.5, 0.6) is 0 Å². The molecule has 0 heterocycles. The fourth-order valence-electron chi connectivity index (χ4n) is 0.225. The molecule has 0 bridgehead atoms. The zero-order valence-corrected chi connectivity index (χ0v) is 4.81. The maximum atomic E-state index is 10.3. The third-order valence-corrected chi connectivity index (χ3v) is 0.583. The van der Waals surface area contributed by atoms with Crippen LogP contribution in [-0.2, 0) is 9.59 Å². The highest BCUT2D eigenvalue weighted by atomic mass is 16.2. The number of allylic oxidation sites excluding steroid dienone is 1. The fraction of sp³-hybridized carbons (Fsp3) is 0. The first-order valence-corrected chi connectivity index (χ1v) is 2.21. The SMILES string of the molecule is C=CC(=O)NC(=C)[C]=O. The lowest BCUT2D eigenvalue weighted by Crippen LogP contribution is -2.19. The predicted octanol–water partition coefficient (Wildman–Crippen LogP) is -0.0880. The van der Waals surface area contributed by atoms with Gasteiger partial charge in [0.25, 0.3) is 6.29 Å². The third-order valence-electron chi connectivity index (χ3n) is 0.583. The summed E-state index contributed by atoms with van der Waals surface area (Å²) in [5, 5.41) is 2.10. The number of carbonyl (C=O) groups is 1. The van der Waals surface area contributed by atoms with Crippen LogP contribution in [-0.4, -0.2) is 12.2 Å². The van der Waals surface area contributed by atoms with Gasteiger partial charge in [0.2, 0.25) is 5.91 Å². The first-order chi connectivity index (χ1) is 4.20. The van der Waals surface area contributed by atoms with E-state index in [1.807, 2.05) is 0 Å². The van der Waals surface area contributed by atoms with Gasteiger partial charge in [0.05, 0.1) is 5.70 Å². The number of carbonyl (C=O) groups excluding carboxylic acids is 2. The van der Waals surface area contributed by atoms with Gasteiger partial charge in [-0.25, -0.2) is 0 Å². The molecular weight excluding hydrogens is 118 g/mol. The van der Waals surface area contributed by atoms with E-state index in [4.69, 9.17) is 0 Å². The summed E-state index contributed by atoms with van der Waals surface area (Å²) in [6, 6.07) is 0. The van der Waals surface area contributed by atoms with Gasteiger partial charge in [-0.3, -0.25) is 9.59 Å². The summed E-state index contributed by atoms with van der Waals surface area (Å²) in [6.07, 6.45) is 2.45. The number of hydrogen-bond acceptors (Lipinski definition) is 2. The molecule has 0 aromatic rings. The van der Waals surface area contributed by atoms with Crippen LogP contribution in [0.2, 0.25) is 0 Å². The van der Waals surface area contributed by atoms with Gasteiger partial charge in [-0.1, -0.05) is 13.2 Å². The molecule has 0 saturated carbocycles. The van der Waals surface area contributed by atoms with Crippen molar-refractivity contribution >= 4 is 12.2 Å². The summed E-state index contributed by atoms with van der Waals surface area (Å²) in [5.74, 6) is -0.455. The normalized spacial score (nSPS) is 7.56. The van der Waals surface area contributed by atoms with Crippen molar-refractivity contribution in [2.75, 3.05) is 0 Å². The Morgan fingerprint density at radius 1 is 1.67 bits per heavy atom. The molecule has 0 rings (SSSR count). The standard InChI is InChI=1S/C6H6NO2/c1-3-6(9)7-5(2)4-8/h3H,1-2H2,(H,7,9). The van der Waals surface area contributed by atoms with Crippen LogP contribution in [0.25, 0.3) is 0 Å². The summed E-state index contributed by atoms with van der Waals surface area (Å²) >= 11 is 0. The molecule has 0 fully saturated rings. The van der Waals surface area contributed by atoms with Gasteiger partial charge in [-0.15, -0.1) is 0 Å². The van der Waals surface area contributed by atoms with Crippen LogP contribution >= 0.6 is 0 Å². The van der Waals surface area contributed by atoms with E-state index in [1.54, 1.807) is 0 Å². The van der Waals surface area contributed by atoms with Crippen molar-refractivity contribution in [1.29, 1.82) is 0 Å². The van der Waals surface area contributed by atoms with E-state index < -0.39 is 5.91 Å². The lowest BCUT2D eigenvalue weighted by Gasteiger charge is -1.93. The van der Waals surface area contributed by atoms with Gasteiger partial charge in [0.15, 0.2) is 0 Å². The molecule has 0 spiro atoms. The Hall–Kier alpha value is -1.38. The number of hydrogen-bond donors (Lipinski definition) is 1.